The van der Waals surface area contributed by atoms with E-state index in [2.05, 4.69) is 20.9 Å². The summed E-state index contributed by atoms with van der Waals surface area (Å²) in [4.78, 5) is 18.5. The molecule has 3 heterocycles. The zero-order valence-electron chi connectivity index (χ0n) is 11.0. The molecule has 2 aliphatic heterocycles. The van der Waals surface area contributed by atoms with Crippen molar-refractivity contribution in [1.82, 2.24) is 4.98 Å². The topological polar surface area (TPSA) is 51.7 Å². The molecular formula is C15H11BrN2O3. The van der Waals surface area contributed by atoms with Crippen LogP contribution in [0.1, 0.15) is 15.9 Å². The highest BCUT2D eigenvalue weighted by Gasteiger charge is 2.31. The molecule has 0 unspecified atom stereocenters. The molecule has 2 aliphatic rings. The van der Waals surface area contributed by atoms with Gasteiger partial charge >= 0.3 is 0 Å². The van der Waals surface area contributed by atoms with E-state index < -0.39 is 0 Å². The van der Waals surface area contributed by atoms with Gasteiger partial charge in [-0.25, -0.2) is 4.98 Å². The van der Waals surface area contributed by atoms with Crippen LogP contribution in [0.4, 0.5) is 5.82 Å². The predicted octanol–water partition coefficient (Wildman–Crippen LogP) is 2.78. The fourth-order valence-electron chi connectivity index (χ4n) is 2.56. The van der Waals surface area contributed by atoms with Crippen molar-refractivity contribution in [3.05, 3.63) is 46.1 Å². The maximum atomic E-state index is 12.5. The first-order chi connectivity index (χ1) is 10.2. The number of ether oxygens (including phenoxy) is 2. The molecular weight excluding hydrogens is 336 g/mol. The summed E-state index contributed by atoms with van der Waals surface area (Å²) in [5, 5.41) is 0. The Bertz CT molecular complexity index is 730. The second-order valence-corrected chi connectivity index (χ2v) is 5.79. The van der Waals surface area contributed by atoms with Gasteiger partial charge in [-0.05, 0) is 45.8 Å². The average molecular weight is 347 g/mol. The van der Waals surface area contributed by atoms with E-state index in [0.29, 0.717) is 42.6 Å². The number of hydrogen-bond donors (Lipinski definition) is 0. The third-order valence-electron chi connectivity index (χ3n) is 3.56. The zero-order valence-corrected chi connectivity index (χ0v) is 12.6. The fraction of sp³-hybridized carbons (Fsp3) is 0.200. The normalized spacial score (nSPS) is 16.0. The number of nitrogens with zero attached hydrogens (tertiary/aromatic N) is 2. The summed E-state index contributed by atoms with van der Waals surface area (Å²) < 4.78 is 12.0. The van der Waals surface area contributed by atoms with Gasteiger partial charge in [0.05, 0.1) is 6.54 Å². The first-order valence-electron chi connectivity index (χ1n) is 6.58. The van der Waals surface area contributed by atoms with Crippen molar-refractivity contribution in [1.29, 1.82) is 0 Å². The molecule has 0 aliphatic carbocycles. The number of hydrogen-bond acceptors (Lipinski definition) is 4. The van der Waals surface area contributed by atoms with Crippen LogP contribution in [0.3, 0.4) is 0 Å². The first kappa shape index (κ1) is 12.6. The van der Waals surface area contributed by atoms with Gasteiger partial charge in [-0.1, -0.05) is 0 Å². The summed E-state index contributed by atoms with van der Waals surface area (Å²) in [5.74, 6) is 1.92. The quantitative estimate of drug-likeness (QED) is 0.796. The molecule has 5 nitrogen and oxygen atoms in total. The Morgan fingerprint density at radius 2 is 1.90 bits per heavy atom. The van der Waals surface area contributed by atoms with Gasteiger partial charge in [-0.15, -0.1) is 0 Å². The summed E-state index contributed by atoms with van der Waals surface area (Å²) in [5.41, 5.74) is 1.60. The van der Waals surface area contributed by atoms with E-state index in [4.69, 9.17) is 9.47 Å². The Morgan fingerprint density at radius 3 is 2.62 bits per heavy atom. The number of anilines is 1. The molecule has 1 aromatic heterocycles. The molecule has 0 bridgehead atoms. The first-order valence-corrected chi connectivity index (χ1v) is 7.37. The van der Waals surface area contributed by atoms with Crippen LogP contribution in [-0.4, -0.2) is 24.1 Å². The molecule has 0 spiro atoms. The molecule has 0 atom stereocenters. The Kier molecular flexibility index (Phi) is 2.85. The van der Waals surface area contributed by atoms with Gasteiger partial charge < -0.3 is 9.47 Å². The van der Waals surface area contributed by atoms with Gasteiger partial charge in [-0.2, -0.15) is 0 Å². The van der Waals surface area contributed by atoms with Crippen molar-refractivity contribution in [3.63, 3.8) is 0 Å². The highest BCUT2D eigenvalue weighted by molar-refractivity contribution is 9.10. The van der Waals surface area contributed by atoms with Crippen molar-refractivity contribution in [2.24, 2.45) is 0 Å². The van der Waals surface area contributed by atoms with Crippen LogP contribution in [-0.2, 0) is 6.54 Å². The molecule has 2 aromatic rings. The number of fused-ring (bicyclic) bond motifs is 2. The van der Waals surface area contributed by atoms with Crippen LogP contribution in [0.5, 0.6) is 11.5 Å². The average Bonchev–Trinajstić information content (AvgIpc) is 2.82. The van der Waals surface area contributed by atoms with Crippen LogP contribution < -0.4 is 14.4 Å². The third kappa shape index (κ3) is 2.06. The molecule has 1 amide bonds. The minimum atomic E-state index is -0.0585. The van der Waals surface area contributed by atoms with Gasteiger partial charge in [0.2, 0.25) is 0 Å². The fourth-order valence-corrected chi connectivity index (χ4v) is 2.80. The molecule has 0 N–H and O–H groups in total. The van der Waals surface area contributed by atoms with Crippen LogP contribution in [0, 0.1) is 0 Å². The molecule has 1 aromatic carbocycles. The summed E-state index contributed by atoms with van der Waals surface area (Å²) in [6, 6.07) is 7.35. The molecule has 106 valence electrons. The largest absolute Gasteiger partial charge is 0.486 e. The number of halogens is 1. The molecule has 0 fully saturated rings. The van der Waals surface area contributed by atoms with E-state index in [9.17, 15) is 4.79 Å². The zero-order chi connectivity index (χ0) is 14.4. The number of rotatable bonds is 1. The summed E-state index contributed by atoms with van der Waals surface area (Å²) in [7, 11) is 0. The Morgan fingerprint density at radius 1 is 1.14 bits per heavy atom. The minimum Gasteiger partial charge on any atom is -0.486 e. The van der Waals surface area contributed by atoms with Gasteiger partial charge in [0.1, 0.15) is 19.0 Å². The van der Waals surface area contributed by atoms with Gasteiger partial charge in [0.15, 0.2) is 11.5 Å². The summed E-state index contributed by atoms with van der Waals surface area (Å²) in [6.07, 6.45) is 1.68. The van der Waals surface area contributed by atoms with E-state index in [0.717, 1.165) is 10.0 Å². The van der Waals surface area contributed by atoms with Crippen molar-refractivity contribution in [3.8, 4) is 11.5 Å². The van der Waals surface area contributed by atoms with Crippen molar-refractivity contribution < 1.29 is 14.3 Å². The standard InChI is InChI=1S/C15H11BrN2O3/c16-10-1-2-14(17-7-10)18-8-9-5-12-13(21-4-3-20-12)6-11(9)15(18)19/h1-2,5-7H,3-4,8H2. The molecule has 0 saturated heterocycles. The lowest BCUT2D eigenvalue weighted by molar-refractivity contribution is 0.0995. The highest BCUT2D eigenvalue weighted by Crippen LogP contribution is 2.37. The van der Waals surface area contributed by atoms with Crippen molar-refractivity contribution in [2.45, 2.75) is 6.54 Å². The lowest BCUT2D eigenvalue weighted by Gasteiger charge is -2.18. The second kappa shape index (κ2) is 4.73. The number of carbonyl (C=O) groups is 1. The third-order valence-corrected chi connectivity index (χ3v) is 4.03. The SMILES string of the molecule is O=C1c2cc3c(cc2CN1c1ccc(Br)cn1)OCCO3. The van der Waals surface area contributed by atoms with Crippen LogP contribution in [0.25, 0.3) is 0 Å². The maximum Gasteiger partial charge on any atom is 0.260 e. The lowest BCUT2D eigenvalue weighted by atomic mass is 10.1. The Hall–Kier alpha value is -2.08. The summed E-state index contributed by atoms with van der Waals surface area (Å²) in [6.45, 7) is 1.55. The van der Waals surface area contributed by atoms with Crippen LogP contribution >= 0.6 is 15.9 Å². The maximum absolute atomic E-state index is 12.5. The van der Waals surface area contributed by atoms with Crippen LogP contribution in [0.2, 0.25) is 0 Å². The number of pyridine rings is 1. The Labute approximate surface area is 129 Å². The van der Waals surface area contributed by atoms with E-state index in [1.807, 2.05) is 18.2 Å². The lowest BCUT2D eigenvalue weighted by Crippen LogP contribution is -2.23. The number of benzene rings is 1. The van der Waals surface area contributed by atoms with Crippen LogP contribution in [0.15, 0.2) is 34.9 Å². The van der Waals surface area contributed by atoms with E-state index in [1.54, 1.807) is 17.2 Å². The molecule has 4 rings (SSSR count). The van der Waals surface area contributed by atoms with Crippen molar-refractivity contribution in [2.75, 3.05) is 18.1 Å². The minimum absolute atomic E-state index is 0.0585. The monoisotopic (exact) mass is 346 g/mol. The highest BCUT2D eigenvalue weighted by atomic mass is 79.9. The van der Waals surface area contributed by atoms with E-state index in [1.165, 1.54) is 0 Å². The number of carbonyl (C=O) groups excluding carboxylic acids is 1. The van der Waals surface area contributed by atoms with Gasteiger partial charge in [-0.3, -0.25) is 9.69 Å². The van der Waals surface area contributed by atoms with Gasteiger partial charge in [0, 0.05) is 16.2 Å². The molecule has 21 heavy (non-hydrogen) atoms. The number of amides is 1. The van der Waals surface area contributed by atoms with E-state index in [-0.39, 0.29) is 5.91 Å². The second-order valence-electron chi connectivity index (χ2n) is 4.88. The van der Waals surface area contributed by atoms with Crippen molar-refractivity contribution >= 4 is 27.7 Å². The van der Waals surface area contributed by atoms with Gasteiger partial charge in [0.25, 0.3) is 5.91 Å². The Balaban J connectivity index is 1.72. The molecule has 6 heteroatoms. The molecule has 0 radical (unpaired) electrons. The predicted molar refractivity (Wildman–Crippen MR) is 79.9 cm³/mol. The smallest absolute Gasteiger partial charge is 0.260 e. The summed E-state index contributed by atoms with van der Waals surface area (Å²) >= 11 is 3.34. The number of aromatic nitrogens is 1. The van der Waals surface area contributed by atoms with E-state index >= 15 is 0 Å². The molecule has 0 saturated carbocycles.